The Labute approximate surface area is 160 Å². The number of phenols is 1. The molecule has 2 N–H and O–H groups in total. The molecule has 2 aromatic carbocycles. The zero-order chi connectivity index (χ0) is 18.1. The van der Waals surface area contributed by atoms with Gasteiger partial charge in [0.1, 0.15) is 5.75 Å². The first-order valence-corrected chi connectivity index (χ1v) is 10.4. The molecule has 4 atom stereocenters. The summed E-state index contributed by atoms with van der Waals surface area (Å²) in [7, 11) is 0. The monoisotopic (exact) mass is 369 g/mol. The first kappa shape index (κ1) is 17.9. The molecule has 4 heteroatoms. The highest BCUT2D eigenvalue weighted by Gasteiger charge is 2.41. The van der Waals surface area contributed by atoms with E-state index in [1.807, 2.05) is 23.9 Å². The average Bonchev–Trinajstić information content (AvgIpc) is 3.15. The summed E-state index contributed by atoms with van der Waals surface area (Å²) in [6, 6.07) is 15.8. The van der Waals surface area contributed by atoms with E-state index >= 15 is 0 Å². The second kappa shape index (κ2) is 7.63. The van der Waals surface area contributed by atoms with Gasteiger partial charge in [0.2, 0.25) is 0 Å². The molecule has 0 amide bonds. The Hall–Kier alpha value is -1.49. The molecular weight excluding hydrogens is 342 g/mol. The average molecular weight is 370 g/mol. The molecule has 1 saturated carbocycles. The fourth-order valence-corrected chi connectivity index (χ4v) is 5.81. The predicted molar refractivity (Wildman–Crippen MR) is 107 cm³/mol. The molecule has 0 bridgehead atoms. The number of likely N-dealkylation sites (tertiary alicyclic amines) is 1. The summed E-state index contributed by atoms with van der Waals surface area (Å²) in [5.41, 5.74) is 2.20. The van der Waals surface area contributed by atoms with Crippen molar-refractivity contribution in [2.24, 2.45) is 11.8 Å². The van der Waals surface area contributed by atoms with E-state index in [4.69, 9.17) is 0 Å². The van der Waals surface area contributed by atoms with Crippen LogP contribution < -0.4 is 0 Å². The number of aryl methyl sites for hydroxylation is 1. The Balaban J connectivity index is 1.28. The van der Waals surface area contributed by atoms with Crippen LogP contribution >= 0.6 is 11.8 Å². The van der Waals surface area contributed by atoms with Gasteiger partial charge in [0.05, 0.1) is 6.10 Å². The van der Waals surface area contributed by atoms with Crippen LogP contribution in [0.25, 0.3) is 0 Å². The van der Waals surface area contributed by atoms with Crippen LogP contribution in [0.2, 0.25) is 0 Å². The molecule has 1 unspecified atom stereocenters. The second-order valence-corrected chi connectivity index (χ2v) is 9.24. The first-order valence-electron chi connectivity index (χ1n) is 9.49. The molecule has 0 radical (unpaired) electrons. The number of hydrogen-bond donors (Lipinski definition) is 2. The number of nitrogens with zero attached hydrogens (tertiary/aromatic N) is 1. The van der Waals surface area contributed by atoms with Gasteiger partial charge in [-0.05, 0) is 61.4 Å². The van der Waals surface area contributed by atoms with Gasteiger partial charge in [-0.2, -0.15) is 0 Å². The fraction of sp³-hybridized carbons (Fsp3) is 0.455. The van der Waals surface area contributed by atoms with Gasteiger partial charge in [0.25, 0.3) is 0 Å². The minimum Gasteiger partial charge on any atom is -0.508 e. The third-order valence-corrected chi connectivity index (χ3v) is 7.08. The third-order valence-electron chi connectivity index (χ3n) is 5.82. The van der Waals surface area contributed by atoms with Gasteiger partial charge < -0.3 is 10.2 Å². The highest BCUT2D eigenvalue weighted by Crippen LogP contribution is 2.45. The molecule has 0 spiro atoms. The molecule has 1 saturated heterocycles. The molecule has 2 aliphatic rings. The normalized spacial score (nSPS) is 26.8. The Bertz CT molecular complexity index is 717. The number of thioether (sulfide) groups is 1. The fourth-order valence-electron chi connectivity index (χ4n) is 4.44. The highest BCUT2D eigenvalue weighted by molar-refractivity contribution is 8.00. The van der Waals surface area contributed by atoms with E-state index in [1.54, 1.807) is 12.1 Å². The highest BCUT2D eigenvalue weighted by atomic mass is 32.2. The summed E-state index contributed by atoms with van der Waals surface area (Å²) in [6.45, 7) is 5.03. The summed E-state index contributed by atoms with van der Waals surface area (Å²) < 4.78 is 0. The topological polar surface area (TPSA) is 43.7 Å². The van der Waals surface area contributed by atoms with Crippen molar-refractivity contribution in [2.45, 2.75) is 36.0 Å². The van der Waals surface area contributed by atoms with Crippen LogP contribution in [0.3, 0.4) is 0 Å². The van der Waals surface area contributed by atoms with E-state index in [1.165, 1.54) is 23.3 Å². The zero-order valence-corrected chi connectivity index (χ0v) is 16.0. The maximum Gasteiger partial charge on any atom is 0.115 e. The molecule has 26 heavy (non-hydrogen) atoms. The lowest BCUT2D eigenvalue weighted by atomic mass is 10.0. The van der Waals surface area contributed by atoms with Crippen LogP contribution in [0.1, 0.15) is 30.1 Å². The Morgan fingerprint density at radius 1 is 1.00 bits per heavy atom. The zero-order valence-electron chi connectivity index (χ0n) is 15.2. The van der Waals surface area contributed by atoms with Crippen LogP contribution in [0.15, 0.2) is 53.4 Å². The molecule has 2 aromatic rings. The molecule has 1 heterocycles. The quantitative estimate of drug-likeness (QED) is 0.827. The van der Waals surface area contributed by atoms with Crippen LogP contribution in [-0.2, 0) is 0 Å². The number of hydrogen-bond acceptors (Lipinski definition) is 4. The number of phenolic OH excluding ortho intramolecular Hbond substituents is 1. The lowest BCUT2D eigenvalue weighted by molar-refractivity contribution is 0.122. The van der Waals surface area contributed by atoms with Crippen LogP contribution in [0, 0.1) is 18.8 Å². The van der Waals surface area contributed by atoms with Crippen LogP contribution in [-0.4, -0.2) is 40.0 Å². The van der Waals surface area contributed by atoms with E-state index in [9.17, 15) is 10.2 Å². The molecule has 138 valence electrons. The lowest BCUT2D eigenvalue weighted by Crippen LogP contribution is -2.28. The second-order valence-electron chi connectivity index (χ2n) is 7.87. The van der Waals surface area contributed by atoms with E-state index in [0.29, 0.717) is 6.54 Å². The van der Waals surface area contributed by atoms with Gasteiger partial charge in [0, 0.05) is 29.8 Å². The molecule has 4 rings (SSSR count). The summed E-state index contributed by atoms with van der Waals surface area (Å²) in [5, 5.41) is 20.6. The van der Waals surface area contributed by atoms with Crippen molar-refractivity contribution in [1.82, 2.24) is 4.90 Å². The molecule has 0 aromatic heterocycles. The molecule has 1 aliphatic heterocycles. The maximum absolute atomic E-state index is 10.5. The standard InChI is InChI=1S/C22H27NO2S/c1-15-2-8-20(9-3-15)26-21-10-17-12-23(13-18(17)11-21)14-22(25)16-4-6-19(24)7-5-16/h2-9,17-18,21-22,24-25H,10-14H2,1H3/t17-,18+,21+,22?. The smallest absolute Gasteiger partial charge is 0.115 e. The van der Waals surface area contributed by atoms with Gasteiger partial charge in [-0.3, -0.25) is 4.90 Å². The lowest BCUT2D eigenvalue weighted by Gasteiger charge is -2.22. The molecule has 2 fully saturated rings. The molecular formula is C22H27NO2S. The largest absolute Gasteiger partial charge is 0.508 e. The Kier molecular flexibility index (Phi) is 5.25. The summed E-state index contributed by atoms with van der Waals surface area (Å²) in [4.78, 5) is 3.81. The number of aliphatic hydroxyl groups is 1. The Morgan fingerprint density at radius 2 is 1.62 bits per heavy atom. The number of benzene rings is 2. The van der Waals surface area contributed by atoms with Gasteiger partial charge in [-0.1, -0.05) is 29.8 Å². The van der Waals surface area contributed by atoms with Crippen molar-refractivity contribution in [3.05, 3.63) is 59.7 Å². The summed E-state index contributed by atoms with van der Waals surface area (Å²) in [6.07, 6.45) is 2.09. The van der Waals surface area contributed by atoms with Crippen molar-refractivity contribution in [3.63, 3.8) is 0 Å². The van der Waals surface area contributed by atoms with E-state index in [0.717, 1.165) is 35.7 Å². The van der Waals surface area contributed by atoms with E-state index in [-0.39, 0.29) is 5.75 Å². The van der Waals surface area contributed by atoms with E-state index < -0.39 is 6.10 Å². The van der Waals surface area contributed by atoms with Crippen molar-refractivity contribution < 1.29 is 10.2 Å². The van der Waals surface area contributed by atoms with Crippen LogP contribution in [0.5, 0.6) is 5.75 Å². The number of fused-ring (bicyclic) bond motifs is 1. The third kappa shape index (κ3) is 4.08. The summed E-state index contributed by atoms with van der Waals surface area (Å²) >= 11 is 2.04. The first-order chi connectivity index (χ1) is 12.6. The SMILES string of the molecule is Cc1ccc(S[C@H]2C[C@@H]3CN(CC(O)c4ccc(O)cc4)C[C@@H]3C2)cc1. The van der Waals surface area contributed by atoms with Gasteiger partial charge in [-0.25, -0.2) is 0 Å². The van der Waals surface area contributed by atoms with Crippen molar-refractivity contribution in [1.29, 1.82) is 0 Å². The number of aliphatic hydroxyl groups excluding tert-OH is 1. The molecule has 3 nitrogen and oxygen atoms in total. The predicted octanol–water partition coefficient (Wildman–Crippen LogP) is 4.24. The number of aromatic hydroxyl groups is 1. The maximum atomic E-state index is 10.5. The van der Waals surface area contributed by atoms with Gasteiger partial charge in [0.15, 0.2) is 0 Å². The van der Waals surface area contributed by atoms with E-state index in [2.05, 4.69) is 36.1 Å². The number of rotatable bonds is 5. The number of β-amino-alcohol motifs (C(OH)–C–C–N with tert-alkyl or cyclic N) is 1. The minimum atomic E-state index is -0.479. The minimum absolute atomic E-state index is 0.244. The van der Waals surface area contributed by atoms with Crippen LogP contribution in [0.4, 0.5) is 0 Å². The summed E-state index contributed by atoms with van der Waals surface area (Å²) in [5.74, 6) is 1.78. The van der Waals surface area contributed by atoms with Crippen molar-refractivity contribution in [2.75, 3.05) is 19.6 Å². The molecule has 1 aliphatic carbocycles. The Morgan fingerprint density at radius 3 is 2.23 bits per heavy atom. The van der Waals surface area contributed by atoms with Gasteiger partial charge >= 0.3 is 0 Å². The van der Waals surface area contributed by atoms with Crippen molar-refractivity contribution in [3.8, 4) is 5.75 Å². The van der Waals surface area contributed by atoms with Crippen molar-refractivity contribution >= 4 is 11.8 Å². The van der Waals surface area contributed by atoms with Gasteiger partial charge in [-0.15, -0.1) is 11.8 Å².